The standard InChI is InChI=1S/C10H10N2OS/c1-13-8-4-2-7(3-5-8)10-12-6-9(11)14-10/h2-6H,11H2,1H3. The number of ether oxygens (including phenoxy) is 1. The molecule has 4 heteroatoms. The molecule has 0 aliphatic heterocycles. The maximum atomic E-state index is 5.60. The summed E-state index contributed by atoms with van der Waals surface area (Å²) in [6.07, 6.45) is 1.67. The molecular weight excluding hydrogens is 196 g/mol. The van der Waals surface area contributed by atoms with Crippen LogP contribution in [0.5, 0.6) is 5.75 Å². The molecule has 0 fully saturated rings. The van der Waals surface area contributed by atoms with Crippen LogP contribution in [0.25, 0.3) is 10.6 Å². The van der Waals surface area contributed by atoms with Gasteiger partial charge < -0.3 is 10.5 Å². The lowest BCUT2D eigenvalue weighted by Gasteiger charge is -1.99. The number of nitrogens with two attached hydrogens (primary N) is 1. The largest absolute Gasteiger partial charge is 0.497 e. The monoisotopic (exact) mass is 206 g/mol. The summed E-state index contributed by atoms with van der Waals surface area (Å²) in [4.78, 5) is 4.19. The van der Waals surface area contributed by atoms with Crippen molar-refractivity contribution in [3.63, 3.8) is 0 Å². The lowest BCUT2D eigenvalue weighted by atomic mass is 10.2. The Morgan fingerprint density at radius 2 is 2.00 bits per heavy atom. The van der Waals surface area contributed by atoms with Crippen molar-refractivity contribution in [2.24, 2.45) is 0 Å². The molecule has 3 nitrogen and oxygen atoms in total. The van der Waals surface area contributed by atoms with E-state index in [2.05, 4.69) is 4.98 Å². The van der Waals surface area contributed by atoms with Crippen LogP contribution in [-0.2, 0) is 0 Å². The van der Waals surface area contributed by atoms with Crippen LogP contribution >= 0.6 is 11.3 Å². The summed E-state index contributed by atoms with van der Waals surface area (Å²) in [5.74, 6) is 0.846. The van der Waals surface area contributed by atoms with Crippen LogP contribution in [0, 0.1) is 0 Å². The number of aromatic nitrogens is 1. The maximum absolute atomic E-state index is 5.60. The van der Waals surface area contributed by atoms with E-state index in [4.69, 9.17) is 10.5 Å². The van der Waals surface area contributed by atoms with Gasteiger partial charge in [-0.3, -0.25) is 0 Å². The third kappa shape index (κ3) is 1.70. The molecule has 0 radical (unpaired) electrons. The highest BCUT2D eigenvalue weighted by Crippen LogP contribution is 2.27. The van der Waals surface area contributed by atoms with Crippen LogP contribution in [-0.4, -0.2) is 12.1 Å². The van der Waals surface area contributed by atoms with E-state index < -0.39 is 0 Å². The minimum atomic E-state index is 0.732. The maximum Gasteiger partial charge on any atom is 0.125 e. The summed E-state index contributed by atoms with van der Waals surface area (Å²) < 4.78 is 5.07. The number of methoxy groups -OCH3 is 1. The van der Waals surface area contributed by atoms with Gasteiger partial charge in [-0.2, -0.15) is 0 Å². The molecule has 2 aromatic rings. The van der Waals surface area contributed by atoms with Crippen molar-refractivity contribution in [1.82, 2.24) is 4.98 Å². The van der Waals surface area contributed by atoms with Crippen molar-refractivity contribution in [2.75, 3.05) is 12.8 Å². The molecular formula is C10H10N2OS. The Kier molecular flexibility index (Phi) is 2.37. The number of thiazole rings is 1. The Morgan fingerprint density at radius 3 is 2.50 bits per heavy atom. The third-order valence-corrected chi connectivity index (χ3v) is 2.74. The fraction of sp³-hybridized carbons (Fsp3) is 0.100. The van der Waals surface area contributed by atoms with Gasteiger partial charge >= 0.3 is 0 Å². The molecule has 0 saturated heterocycles. The van der Waals surface area contributed by atoms with Gasteiger partial charge in [-0.25, -0.2) is 4.98 Å². The first-order valence-electron chi connectivity index (χ1n) is 4.15. The number of nitrogen functional groups attached to an aromatic ring is 1. The molecule has 0 saturated carbocycles. The quantitative estimate of drug-likeness (QED) is 0.820. The molecule has 14 heavy (non-hydrogen) atoms. The number of nitrogens with zero attached hydrogens (tertiary/aromatic N) is 1. The van der Waals surface area contributed by atoms with Crippen molar-refractivity contribution in [2.45, 2.75) is 0 Å². The number of hydrogen-bond acceptors (Lipinski definition) is 4. The second-order valence-electron chi connectivity index (χ2n) is 2.80. The molecule has 0 unspecified atom stereocenters. The number of hydrogen-bond donors (Lipinski definition) is 1. The minimum absolute atomic E-state index is 0.732. The Balaban J connectivity index is 2.33. The highest BCUT2D eigenvalue weighted by atomic mass is 32.1. The van der Waals surface area contributed by atoms with E-state index >= 15 is 0 Å². The molecule has 2 N–H and O–H groups in total. The molecule has 1 aromatic heterocycles. The van der Waals surface area contributed by atoms with Gasteiger partial charge in [0.2, 0.25) is 0 Å². The van der Waals surface area contributed by atoms with Crippen molar-refractivity contribution in [1.29, 1.82) is 0 Å². The predicted molar refractivity (Wildman–Crippen MR) is 58.5 cm³/mol. The van der Waals surface area contributed by atoms with Gasteiger partial charge in [0.15, 0.2) is 0 Å². The van der Waals surface area contributed by atoms with Crippen LogP contribution in [0.1, 0.15) is 0 Å². The van der Waals surface area contributed by atoms with Gasteiger partial charge in [-0.15, -0.1) is 0 Å². The van der Waals surface area contributed by atoms with Gasteiger partial charge in [-0.05, 0) is 24.3 Å². The number of rotatable bonds is 2. The summed E-state index contributed by atoms with van der Waals surface area (Å²) in [6, 6.07) is 7.76. The molecule has 0 spiro atoms. The molecule has 0 bridgehead atoms. The van der Waals surface area contributed by atoms with Gasteiger partial charge in [0.05, 0.1) is 13.3 Å². The molecule has 0 amide bonds. The molecule has 72 valence electrons. The second-order valence-corrected chi connectivity index (χ2v) is 3.86. The van der Waals surface area contributed by atoms with Crippen LogP contribution < -0.4 is 10.5 Å². The van der Waals surface area contributed by atoms with E-state index in [1.54, 1.807) is 13.3 Å². The van der Waals surface area contributed by atoms with Crippen molar-refractivity contribution >= 4 is 16.3 Å². The summed E-state index contributed by atoms with van der Waals surface area (Å²) in [5, 5.41) is 1.67. The summed E-state index contributed by atoms with van der Waals surface area (Å²) >= 11 is 1.48. The third-order valence-electron chi connectivity index (χ3n) is 1.86. The first kappa shape index (κ1) is 9.02. The average molecular weight is 206 g/mol. The van der Waals surface area contributed by atoms with Gasteiger partial charge in [0.25, 0.3) is 0 Å². The highest BCUT2D eigenvalue weighted by molar-refractivity contribution is 7.18. The van der Waals surface area contributed by atoms with Crippen molar-refractivity contribution in [3.05, 3.63) is 30.5 Å². The zero-order valence-electron chi connectivity index (χ0n) is 7.73. The molecule has 1 aromatic carbocycles. The van der Waals surface area contributed by atoms with Crippen LogP contribution in [0.4, 0.5) is 5.00 Å². The number of anilines is 1. The van der Waals surface area contributed by atoms with Crippen LogP contribution in [0.2, 0.25) is 0 Å². The average Bonchev–Trinajstić information content (AvgIpc) is 2.65. The Hall–Kier alpha value is -1.55. The SMILES string of the molecule is COc1ccc(-c2ncc(N)s2)cc1. The van der Waals surface area contributed by atoms with Crippen LogP contribution in [0.15, 0.2) is 30.5 Å². The number of benzene rings is 1. The fourth-order valence-corrected chi connectivity index (χ4v) is 1.84. The highest BCUT2D eigenvalue weighted by Gasteiger charge is 2.02. The van der Waals surface area contributed by atoms with E-state index in [-0.39, 0.29) is 0 Å². The normalized spacial score (nSPS) is 10.1. The zero-order chi connectivity index (χ0) is 9.97. The fourth-order valence-electron chi connectivity index (χ4n) is 1.15. The lowest BCUT2D eigenvalue weighted by molar-refractivity contribution is 0.415. The molecule has 0 aliphatic carbocycles. The first-order chi connectivity index (χ1) is 6.79. The molecule has 0 aliphatic rings. The molecule has 2 rings (SSSR count). The van der Waals surface area contributed by atoms with E-state index in [0.717, 1.165) is 21.3 Å². The summed E-state index contributed by atoms with van der Waals surface area (Å²) in [6.45, 7) is 0. The zero-order valence-corrected chi connectivity index (χ0v) is 8.54. The smallest absolute Gasteiger partial charge is 0.125 e. The van der Waals surface area contributed by atoms with Crippen molar-refractivity contribution in [3.8, 4) is 16.3 Å². The topological polar surface area (TPSA) is 48.1 Å². The predicted octanol–water partition coefficient (Wildman–Crippen LogP) is 2.40. The van der Waals surface area contributed by atoms with E-state index in [1.807, 2.05) is 24.3 Å². The van der Waals surface area contributed by atoms with Gasteiger partial charge in [-0.1, -0.05) is 11.3 Å². The van der Waals surface area contributed by atoms with E-state index in [1.165, 1.54) is 11.3 Å². The summed E-state index contributed by atoms with van der Waals surface area (Å²) in [5.41, 5.74) is 6.67. The van der Waals surface area contributed by atoms with Gasteiger partial charge in [0, 0.05) is 5.56 Å². The summed E-state index contributed by atoms with van der Waals surface area (Å²) in [7, 11) is 1.65. The lowest BCUT2D eigenvalue weighted by Crippen LogP contribution is -1.81. The first-order valence-corrected chi connectivity index (χ1v) is 4.97. The van der Waals surface area contributed by atoms with Crippen molar-refractivity contribution < 1.29 is 4.74 Å². The molecule has 1 heterocycles. The van der Waals surface area contributed by atoms with Crippen LogP contribution in [0.3, 0.4) is 0 Å². The Labute approximate surface area is 86.2 Å². The Morgan fingerprint density at radius 1 is 1.29 bits per heavy atom. The van der Waals surface area contributed by atoms with Gasteiger partial charge in [0.1, 0.15) is 15.8 Å². The van der Waals surface area contributed by atoms with E-state index in [0.29, 0.717) is 0 Å². The Bertz CT molecular complexity index is 422. The molecule has 0 atom stereocenters. The minimum Gasteiger partial charge on any atom is -0.497 e. The van der Waals surface area contributed by atoms with E-state index in [9.17, 15) is 0 Å². The second kappa shape index (κ2) is 3.67.